The Kier molecular flexibility index (Phi) is 13.8. The predicted octanol–water partition coefficient (Wildman–Crippen LogP) is 13.7. The van der Waals surface area contributed by atoms with Crippen molar-refractivity contribution in [2.45, 2.75) is 77.0 Å². The summed E-state index contributed by atoms with van der Waals surface area (Å²) < 4.78 is 32.4. The molecule has 0 aromatic heterocycles. The zero-order chi connectivity index (χ0) is 44.2. The highest BCUT2D eigenvalue weighted by Crippen LogP contribution is 2.52. The van der Waals surface area contributed by atoms with Crippen molar-refractivity contribution in [3.63, 3.8) is 0 Å². The molecule has 1 fully saturated rings. The first-order valence-corrected chi connectivity index (χ1v) is 24.2. The molecule has 1 unspecified atom stereocenters. The van der Waals surface area contributed by atoms with Gasteiger partial charge in [-0.1, -0.05) is 201 Å². The highest BCUT2D eigenvalue weighted by Gasteiger charge is 2.41. The summed E-state index contributed by atoms with van der Waals surface area (Å²) in [5.41, 5.74) is 7.36. The average molecular weight is 869 g/mol. The molecule has 6 aromatic carbocycles. The van der Waals surface area contributed by atoms with Crippen LogP contribution in [0.25, 0.3) is 0 Å². The molecule has 8 heteroatoms. The smallest absolute Gasteiger partial charge is 0.397 e. The van der Waals surface area contributed by atoms with Crippen LogP contribution in [-0.4, -0.2) is 38.2 Å². The van der Waals surface area contributed by atoms with Gasteiger partial charge in [0, 0.05) is 39.5 Å². The van der Waals surface area contributed by atoms with Crippen molar-refractivity contribution in [2.75, 3.05) is 33.1 Å². The van der Waals surface area contributed by atoms with Crippen molar-refractivity contribution in [1.82, 2.24) is 0 Å². The highest BCUT2D eigenvalue weighted by atomic mass is 31.2. The van der Waals surface area contributed by atoms with E-state index in [2.05, 4.69) is 201 Å². The Labute approximate surface area is 372 Å². The van der Waals surface area contributed by atoms with E-state index in [1.54, 1.807) is 0 Å². The molecule has 1 saturated heterocycles. The molecule has 62 heavy (non-hydrogen) atoms. The summed E-state index contributed by atoms with van der Waals surface area (Å²) in [6.07, 6.45) is 0. The highest BCUT2D eigenvalue weighted by molar-refractivity contribution is 7.46. The molecular formula is C54H62O6P2. The van der Waals surface area contributed by atoms with Gasteiger partial charge in [-0.25, -0.2) is 0 Å². The number of hydrogen-bond acceptors (Lipinski definition) is 6. The lowest BCUT2D eigenvalue weighted by molar-refractivity contribution is -0.0449. The van der Waals surface area contributed by atoms with Crippen LogP contribution in [0.1, 0.15) is 99.9 Å². The van der Waals surface area contributed by atoms with Crippen LogP contribution in [0.5, 0.6) is 11.5 Å². The van der Waals surface area contributed by atoms with Crippen LogP contribution < -0.4 is 9.05 Å². The van der Waals surface area contributed by atoms with Crippen LogP contribution in [0.3, 0.4) is 0 Å². The Morgan fingerprint density at radius 1 is 0.516 bits per heavy atom. The maximum Gasteiger partial charge on any atom is 0.397 e. The van der Waals surface area contributed by atoms with E-state index in [-0.39, 0.29) is 48.1 Å². The van der Waals surface area contributed by atoms with Gasteiger partial charge in [-0.3, -0.25) is 0 Å². The van der Waals surface area contributed by atoms with Crippen LogP contribution in [0.2, 0.25) is 0 Å². The lowest BCUT2D eigenvalue weighted by Crippen LogP contribution is -2.42. The first-order valence-electron chi connectivity index (χ1n) is 21.5. The Balaban J connectivity index is 1.07. The van der Waals surface area contributed by atoms with Crippen molar-refractivity contribution < 1.29 is 27.7 Å². The van der Waals surface area contributed by atoms with Gasteiger partial charge in [0.25, 0.3) is 0 Å². The van der Waals surface area contributed by atoms with E-state index in [1.807, 2.05) is 18.8 Å². The van der Waals surface area contributed by atoms with Crippen molar-refractivity contribution >= 4 is 17.0 Å². The minimum atomic E-state index is -1.75. The molecule has 6 aromatic rings. The molecular weight excluding hydrogens is 807 g/mol. The van der Waals surface area contributed by atoms with Gasteiger partial charge in [0.2, 0.25) is 8.38 Å². The topological polar surface area (TPSA) is 66.4 Å². The Morgan fingerprint density at radius 3 is 1.29 bits per heavy atom. The first-order chi connectivity index (χ1) is 29.6. The number of hydrogen-bond donors (Lipinski definition) is 1. The molecule has 0 amide bonds. The number of aliphatic hydroxyl groups is 1. The summed E-state index contributed by atoms with van der Waals surface area (Å²) in [7, 11) is -3.16. The Morgan fingerprint density at radius 2 is 0.887 bits per heavy atom. The van der Waals surface area contributed by atoms with Crippen LogP contribution in [0.4, 0.5) is 0 Å². The second-order valence-electron chi connectivity index (χ2n) is 18.7. The van der Waals surface area contributed by atoms with Gasteiger partial charge < -0.3 is 27.7 Å². The minimum absolute atomic E-state index is 0.176. The molecule has 0 bridgehead atoms. The summed E-state index contributed by atoms with van der Waals surface area (Å²) in [6.45, 7) is 20.4. The molecule has 1 N–H and O–H groups in total. The second kappa shape index (κ2) is 18.8. The number of aliphatic hydroxyl groups excluding tert-OH is 1. The zero-order valence-corrected chi connectivity index (χ0v) is 39.5. The van der Waals surface area contributed by atoms with Crippen LogP contribution in [0, 0.1) is 5.41 Å². The lowest BCUT2D eigenvalue weighted by Gasteiger charge is -2.38. The van der Waals surface area contributed by atoms with E-state index < -0.39 is 22.4 Å². The van der Waals surface area contributed by atoms with E-state index in [4.69, 9.17) is 22.6 Å². The van der Waals surface area contributed by atoms with Crippen molar-refractivity contribution in [3.05, 3.63) is 202 Å². The third-order valence-electron chi connectivity index (χ3n) is 13.0. The molecule has 0 saturated carbocycles. The van der Waals surface area contributed by atoms with Gasteiger partial charge in [-0.05, 0) is 45.5 Å². The van der Waals surface area contributed by atoms with Gasteiger partial charge in [-0.15, -0.1) is 0 Å². The van der Waals surface area contributed by atoms with Crippen LogP contribution >= 0.6 is 17.0 Å². The van der Waals surface area contributed by atoms with Gasteiger partial charge in [0.1, 0.15) is 11.5 Å². The SMILES string of the molecule is CP(OCC1(CO)COP(Oc2ccc(C(C)(C)c3ccccc3)cc2C(C)(C)c2ccccc2)OC1)Oc1ccc(C(C)(C)c2ccccc2)cc1C(C)(C)c1ccccc1. The molecule has 324 valence electrons. The van der Waals surface area contributed by atoms with Crippen molar-refractivity contribution in [3.8, 4) is 11.5 Å². The fourth-order valence-electron chi connectivity index (χ4n) is 8.24. The largest absolute Gasteiger partial charge is 0.447 e. The summed E-state index contributed by atoms with van der Waals surface area (Å²) in [4.78, 5) is 0. The molecule has 0 aliphatic carbocycles. The molecule has 6 nitrogen and oxygen atoms in total. The van der Waals surface area contributed by atoms with Crippen molar-refractivity contribution in [2.24, 2.45) is 5.41 Å². The summed E-state index contributed by atoms with van der Waals surface area (Å²) in [5.74, 6) is 1.49. The minimum Gasteiger partial charge on any atom is -0.447 e. The number of benzene rings is 6. The van der Waals surface area contributed by atoms with Crippen LogP contribution in [0.15, 0.2) is 158 Å². The van der Waals surface area contributed by atoms with E-state index >= 15 is 0 Å². The Bertz CT molecular complexity index is 2380. The van der Waals surface area contributed by atoms with E-state index in [0.29, 0.717) is 5.75 Å². The van der Waals surface area contributed by atoms with Gasteiger partial charge in [-0.2, -0.15) is 0 Å². The maximum atomic E-state index is 10.8. The third kappa shape index (κ3) is 9.73. The normalized spacial score (nSPS) is 17.9. The van der Waals surface area contributed by atoms with Gasteiger partial charge in [0.05, 0.1) is 31.8 Å². The third-order valence-corrected chi connectivity index (χ3v) is 14.9. The average Bonchev–Trinajstić information content (AvgIpc) is 3.30. The molecule has 1 aliphatic rings. The number of rotatable bonds is 16. The fourth-order valence-corrected chi connectivity index (χ4v) is 10.4. The lowest BCUT2D eigenvalue weighted by atomic mass is 9.73. The Hall–Kier alpha value is -4.38. The summed E-state index contributed by atoms with van der Waals surface area (Å²) >= 11 is 0. The van der Waals surface area contributed by atoms with Crippen molar-refractivity contribution in [1.29, 1.82) is 0 Å². The predicted molar refractivity (Wildman–Crippen MR) is 256 cm³/mol. The van der Waals surface area contributed by atoms with Gasteiger partial charge in [0.15, 0.2) is 0 Å². The van der Waals surface area contributed by atoms with E-state index in [1.165, 1.54) is 33.4 Å². The van der Waals surface area contributed by atoms with Gasteiger partial charge >= 0.3 is 8.60 Å². The molecule has 7 rings (SSSR count). The molecule has 0 radical (unpaired) electrons. The van der Waals surface area contributed by atoms with Crippen LogP contribution in [-0.2, 0) is 35.2 Å². The van der Waals surface area contributed by atoms with E-state index in [0.717, 1.165) is 16.9 Å². The molecule has 1 atom stereocenters. The summed E-state index contributed by atoms with van der Waals surface area (Å²) in [5, 5.41) is 10.8. The second-order valence-corrected chi connectivity index (χ2v) is 21.2. The quantitative estimate of drug-likeness (QED) is 0.0978. The van der Waals surface area contributed by atoms with E-state index in [9.17, 15) is 5.11 Å². The fraction of sp³-hybridized carbons (Fsp3) is 0.333. The molecule has 1 heterocycles. The molecule has 1 aliphatic heterocycles. The maximum absolute atomic E-state index is 10.8. The summed E-state index contributed by atoms with van der Waals surface area (Å²) in [6, 6.07) is 55.3. The monoisotopic (exact) mass is 868 g/mol. The standard InChI is InChI=1S/C54H62O6P2/c1-50(2,40-22-14-10-15-23-40)44-30-32-48(46(34-44)52(5,6)42-26-18-12-19-27-42)59-61(9)56-37-54(36-55)38-57-62(58-39-54)60-49-33-31-45(51(3,4)41-24-16-11-17-25-41)35-47(49)53(7,8)43-28-20-13-21-29-43/h10-35,55H,36-39H2,1-9H3. The first kappa shape index (κ1) is 45.6. The molecule has 0 spiro atoms. The zero-order valence-electron chi connectivity index (χ0n) is 37.7.